The van der Waals surface area contributed by atoms with Crippen LogP contribution in [-0.4, -0.2) is 22.3 Å². The number of halogens is 1. The lowest BCUT2D eigenvalue weighted by molar-refractivity contribution is -0.107. The number of rotatable bonds is 4. The van der Waals surface area contributed by atoms with Gasteiger partial charge in [0, 0.05) is 18.0 Å². The number of nitrogens with zero attached hydrogens (tertiary/aromatic N) is 4. The van der Waals surface area contributed by atoms with Crippen molar-refractivity contribution in [2.24, 2.45) is 0 Å². The molecule has 6 heteroatoms. The van der Waals surface area contributed by atoms with Crippen molar-refractivity contribution >= 4 is 34.7 Å². The lowest BCUT2D eigenvalue weighted by Crippen LogP contribution is -2.36. The maximum absolute atomic E-state index is 12.2. The Morgan fingerprint density at radius 1 is 1.07 bits per heavy atom. The predicted molar refractivity (Wildman–Crippen MR) is 113 cm³/mol. The minimum atomic E-state index is -0.625. The van der Waals surface area contributed by atoms with Crippen LogP contribution in [0.25, 0.3) is 11.1 Å². The highest BCUT2D eigenvalue weighted by Gasteiger charge is 2.28. The van der Waals surface area contributed by atoms with Crippen LogP contribution in [0.1, 0.15) is 16.8 Å². The molecule has 0 spiro atoms. The van der Waals surface area contributed by atoms with Gasteiger partial charge in [-0.3, -0.25) is 4.98 Å². The summed E-state index contributed by atoms with van der Waals surface area (Å²) in [5, 5.41) is 9.94. The second-order valence-electron chi connectivity index (χ2n) is 6.38. The fraction of sp³-hybridized carbons (Fsp3) is 0.0435. The number of hydrogen-bond donors (Lipinski definition) is 0. The maximum atomic E-state index is 12.2. The van der Waals surface area contributed by atoms with Gasteiger partial charge in [-0.25, -0.2) is 4.98 Å². The number of benzene rings is 1. The molecule has 3 aromatic rings. The van der Waals surface area contributed by atoms with E-state index in [-0.39, 0.29) is 0 Å². The molecule has 0 saturated carbocycles. The SMILES string of the molecule is N#Cc1ccccc1C1=CC(c2ccccn2)=CN(c2ccc(Cl)nc2)C1C=O. The van der Waals surface area contributed by atoms with Gasteiger partial charge in [0.05, 0.1) is 29.2 Å². The number of allylic oxidation sites excluding steroid dienone is 2. The van der Waals surface area contributed by atoms with E-state index in [2.05, 4.69) is 16.0 Å². The largest absolute Gasteiger partial charge is 0.332 e. The summed E-state index contributed by atoms with van der Waals surface area (Å²) in [5.41, 5.74) is 4.22. The molecule has 140 valence electrons. The van der Waals surface area contributed by atoms with Gasteiger partial charge in [0.2, 0.25) is 0 Å². The van der Waals surface area contributed by atoms with Crippen molar-refractivity contribution in [3.8, 4) is 6.07 Å². The highest BCUT2D eigenvalue weighted by molar-refractivity contribution is 6.29. The monoisotopic (exact) mass is 398 g/mol. The zero-order valence-electron chi connectivity index (χ0n) is 15.2. The summed E-state index contributed by atoms with van der Waals surface area (Å²) in [6.07, 6.45) is 7.97. The van der Waals surface area contributed by atoms with Crippen molar-refractivity contribution in [1.29, 1.82) is 5.26 Å². The molecular formula is C23H15ClN4O. The first-order valence-electron chi connectivity index (χ1n) is 8.91. The van der Waals surface area contributed by atoms with Crippen LogP contribution in [0.2, 0.25) is 5.15 Å². The van der Waals surface area contributed by atoms with E-state index in [9.17, 15) is 10.1 Å². The van der Waals surface area contributed by atoms with Crippen molar-refractivity contribution in [2.45, 2.75) is 6.04 Å². The second kappa shape index (κ2) is 8.09. The lowest BCUT2D eigenvalue weighted by Gasteiger charge is -2.33. The molecular weight excluding hydrogens is 384 g/mol. The molecule has 29 heavy (non-hydrogen) atoms. The zero-order valence-corrected chi connectivity index (χ0v) is 16.0. The van der Waals surface area contributed by atoms with Crippen LogP contribution in [0.5, 0.6) is 0 Å². The van der Waals surface area contributed by atoms with Gasteiger partial charge < -0.3 is 9.69 Å². The van der Waals surface area contributed by atoms with E-state index in [1.54, 1.807) is 36.7 Å². The minimum absolute atomic E-state index is 0.368. The minimum Gasteiger partial charge on any atom is -0.332 e. The second-order valence-corrected chi connectivity index (χ2v) is 6.77. The van der Waals surface area contributed by atoms with Gasteiger partial charge >= 0.3 is 0 Å². The number of pyridine rings is 2. The average Bonchev–Trinajstić information content (AvgIpc) is 2.79. The van der Waals surface area contributed by atoms with Crippen molar-refractivity contribution in [2.75, 3.05) is 4.90 Å². The lowest BCUT2D eigenvalue weighted by atomic mass is 9.89. The van der Waals surface area contributed by atoms with Crippen molar-refractivity contribution in [1.82, 2.24) is 9.97 Å². The molecule has 1 atom stereocenters. The average molecular weight is 399 g/mol. The highest BCUT2D eigenvalue weighted by Crippen LogP contribution is 2.35. The molecule has 5 nitrogen and oxygen atoms in total. The summed E-state index contributed by atoms with van der Waals surface area (Å²) >= 11 is 5.94. The summed E-state index contributed by atoms with van der Waals surface area (Å²) in [6.45, 7) is 0. The van der Waals surface area contributed by atoms with Gasteiger partial charge in [0.25, 0.3) is 0 Å². The van der Waals surface area contributed by atoms with E-state index in [0.717, 1.165) is 23.1 Å². The molecule has 1 aliphatic rings. The van der Waals surface area contributed by atoms with Gasteiger partial charge in [0.15, 0.2) is 0 Å². The molecule has 0 saturated heterocycles. The highest BCUT2D eigenvalue weighted by atomic mass is 35.5. The summed E-state index contributed by atoms with van der Waals surface area (Å²) in [4.78, 5) is 22.6. The fourth-order valence-electron chi connectivity index (χ4n) is 3.31. The summed E-state index contributed by atoms with van der Waals surface area (Å²) in [6, 6.07) is 18.0. The number of hydrogen-bond acceptors (Lipinski definition) is 5. The molecule has 3 heterocycles. The molecule has 4 rings (SSSR count). The number of anilines is 1. The van der Waals surface area contributed by atoms with Gasteiger partial charge in [-0.2, -0.15) is 5.26 Å². The van der Waals surface area contributed by atoms with Crippen LogP contribution in [0.15, 0.2) is 79.3 Å². The molecule has 2 aromatic heterocycles. The Morgan fingerprint density at radius 2 is 1.90 bits per heavy atom. The van der Waals surface area contributed by atoms with Gasteiger partial charge in [-0.1, -0.05) is 35.9 Å². The molecule has 1 aliphatic heterocycles. The Kier molecular flexibility index (Phi) is 5.19. The summed E-state index contributed by atoms with van der Waals surface area (Å²) in [5.74, 6) is 0. The molecule has 0 amide bonds. The molecule has 0 radical (unpaired) electrons. The van der Waals surface area contributed by atoms with E-state index < -0.39 is 6.04 Å². The molecule has 1 aromatic carbocycles. The van der Waals surface area contributed by atoms with Crippen molar-refractivity contribution in [3.63, 3.8) is 0 Å². The van der Waals surface area contributed by atoms with Crippen LogP contribution in [0.4, 0.5) is 5.69 Å². The third kappa shape index (κ3) is 3.66. The Balaban J connectivity index is 1.92. The Morgan fingerprint density at radius 3 is 2.59 bits per heavy atom. The van der Waals surface area contributed by atoms with Crippen LogP contribution in [0.3, 0.4) is 0 Å². The number of carbonyl (C=O) groups excluding carboxylic acids is 1. The van der Waals surface area contributed by atoms with Gasteiger partial charge in [0.1, 0.15) is 17.5 Å². The molecule has 0 fully saturated rings. The first kappa shape index (κ1) is 18.6. The molecule has 0 aliphatic carbocycles. The standard InChI is InChI=1S/C23H15ClN4O/c24-23-9-8-18(13-27-23)28-14-17(21-7-3-4-10-26-21)11-20(22(28)15-29)19-6-2-1-5-16(19)12-25/h1-11,13-15,22H. The Bertz CT molecular complexity index is 1150. The Labute approximate surface area is 173 Å². The summed E-state index contributed by atoms with van der Waals surface area (Å²) in [7, 11) is 0. The number of aldehydes is 1. The third-order valence-electron chi connectivity index (χ3n) is 4.67. The fourth-order valence-corrected chi connectivity index (χ4v) is 3.42. The van der Waals surface area contributed by atoms with E-state index >= 15 is 0 Å². The number of nitriles is 1. The van der Waals surface area contributed by atoms with E-state index in [4.69, 9.17) is 11.6 Å². The van der Waals surface area contributed by atoms with E-state index in [0.29, 0.717) is 22.0 Å². The van der Waals surface area contributed by atoms with Crippen LogP contribution in [-0.2, 0) is 4.79 Å². The molecule has 0 N–H and O–H groups in total. The smallest absolute Gasteiger partial charge is 0.147 e. The normalized spacial score (nSPS) is 15.9. The van der Waals surface area contributed by atoms with Crippen LogP contribution in [0, 0.1) is 11.3 Å². The zero-order chi connectivity index (χ0) is 20.2. The molecule has 0 bridgehead atoms. The first-order valence-corrected chi connectivity index (χ1v) is 9.28. The number of aromatic nitrogens is 2. The molecule has 1 unspecified atom stereocenters. The van der Waals surface area contributed by atoms with Crippen molar-refractivity contribution < 1.29 is 4.79 Å². The first-order chi connectivity index (χ1) is 14.2. The van der Waals surface area contributed by atoms with Gasteiger partial charge in [-0.05, 0) is 47.5 Å². The Hall–Kier alpha value is -3.75. The van der Waals surface area contributed by atoms with Crippen LogP contribution < -0.4 is 4.90 Å². The quantitative estimate of drug-likeness (QED) is 0.477. The van der Waals surface area contributed by atoms with Crippen molar-refractivity contribution in [3.05, 3.63) is 101 Å². The number of carbonyl (C=O) groups is 1. The predicted octanol–water partition coefficient (Wildman–Crippen LogP) is 4.51. The third-order valence-corrected chi connectivity index (χ3v) is 4.89. The topological polar surface area (TPSA) is 69.9 Å². The van der Waals surface area contributed by atoms with E-state index in [1.807, 2.05) is 47.5 Å². The van der Waals surface area contributed by atoms with Gasteiger partial charge in [-0.15, -0.1) is 0 Å². The van der Waals surface area contributed by atoms with Crippen LogP contribution >= 0.6 is 11.6 Å². The van der Waals surface area contributed by atoms with E-state index in [1.165, 1.54) is 0 Å². The summed E-state index contributed by atoms with van der Waals surface area (Å²) < 4.78 is 0. The maximum Gasteiger partial charge on any atom is 0.147 e.